The second-order valence-electron chi connectivity index (χ2n) is 7.06. The molecular formula is C24H19BrN2O4. The monoisotopic (exact) mass is 478 g/mol. The van der Waals surface area contributed by atoms with Gasteiger partial charge in [0.05, 0.1) is 12.8 Å². The van der Waals surface area contributed by atoms with Gasteiger partial charge in [-0.2, -0.15) is 0 Å². The van der Waals surface area contributed by atoms with Gasteiger partial charge < -0.3 is 15.2 Å². The Morgan fingerprint density at radius 1 is 1.06 bits per heavy atom. The average molecular weight is 479 g/mol. The number of fused-ring (bicyclic) bond motifs is 1. The van der Waals surface area contributed by atoms with E-state index in [0.29, 0.717) is 33.5 Å². The minimum Gasteiger partial charge on any atom is -0.497 e. The van der Waals surface area contributed by atoms with Crippen molar-refractivity contribution in [2.45, 2.75) is 6.92 Å². The summed E-state index contributed by atoms with van der Waals surface area (Å²) in [6, 6.07) is 18.8. The van der Waals surface area contributed by atoms with Crippen LogP contribution in [-0.4, -0.2) is 22.7 Å². The molecule has 0 aliphatic heterocycles. The third-order valence-corrected chi connectivity index (χ3v) is 5.50. The Morgan fingerprint density at radius 2 is 1.87 bits per heavy atom. The molecule has 3 aromatic carbocycles. The molecule has 0 aliphatic carbocycles. The van der Waals surface area contributed by atoms with E-state index in [0.717, 1.165) is 10.0 Å². The summed E-state index contributed by atoms with van der Waals surface area (Å²) < 4.78 is 7.27. The number of amides is 1. The van der Waals surface area contributed by atoms with E-state index in [2.05, 4.69) is 21.2 Å². The Bertz CT molecular complexity index is 1380. The largest absolute Gasteiger partial charge is 0.497 e. The highest BCUT2D eigenvalue weighted by atomic mass is 79.9. The first kappa shape index (κ1) is 20.7. The van der Waals surface area contributed by atoms with Crippen LogP contribution in [0.3, 0.4) is 0 Å². The van der Waals surface area contributed by atoms with Crippen molar-refractivity contribution in [1.82, 2.24) is 4.57 Å². The molecule has 0 spiro atoms. The maximum absolute atomic E-state index is 12.8. The first-order valence-corrected chi connectivity index (χ1v) is 10.3. The Morgan fingerprint density at radius 3 is 2.61 bits per heavy atom. The molecule has 0 unspecified atom stereocenters. The van der Waals surface area contributed by atoms with Crippen LogP contribution in [0.25, 0.3) is 16.5 Å². The van der Waals surface area contributed by atoms with Gasteiger partial charge in [-0.3, -0.25) is 9.59 Å². The Kier molecular flexibility index (Phi) is 5.52. The summed E-state index contributed by atoms with van der Waals surface area (Å²) in [4.78, 5) is 25.4. The van der Waals surface area contributed by atoms with E-state index in [1.165, 1.54) is 17.7 Å². The number of pyridine rings is 1. The van der Waals surface area contributed by atoms with Crippen LogP contribution in [0.1, 0.15) is 15.9 Å². The van der Waals surface area contributed by atoms with Crippen LogP contribution in [0.15, 0.2) is 76.0 Å². The number of halogens is 1. The number of carbonyl (C=O) groups excluding carboxylic acids is 1. The molecule has 31 heavy (non-hydrogen) atoms. The number of aromatic hydroxyl groups is 1. The number of nitrogens with one attached hydrogen (secondary N) is 1. The molecule has 0 atom stereocenters. The molecule has 0 fully saturated rings. The van der Waals surface area contributed by atoms with Crippen molar-refractivity contribution < 1.29 is 14.6 Å². The van der Waals surface area contributed by atoms with Crippen molar-refractivity contribution in [3.63, 3.8) is 0 Å². The first-order chi connectivity index (χ1) is 14.9. The smallest absolute Gasteiger partial charge is 0.258 e. The molecule has 7 heteroatoms. The molecule has 0 aliphatic rings. The van der Waals surface area contributed by atoms with Crippen molar-refractivity contribution in [2.24, 2.45) is 0 Å². The second kappa shape index (κ2) is 8.28. The van der Waals surface area contributed by atoms with Gasteiger partial charge >= 0.3 is 0 Å². The van der Waals surface area contributed by atoms with E-state index < -0.39 is 0 Å². The predicted octanol–water partition coefficient (Wildman–Crippen LogP) is 5.03. The zero-order chi connectivity index (χ0) is 22.1. The lowest BCUT2D eigenvalue weighted by molar-refractivity contribution is 0.102. The standard InChI is InChI=1S/C24H19BrN2O4/c1-14-6-8-18(26-23(29)16-4-3-5-17(25)10-16)12-21(14)27-22(28)11-15-7-9-19(31-2)13-20(15)24(27)30/h3-13,30H,1-2H3,(H,26,29). The van der Waals surface area contributed by atoms with Crippen LogP contribution in [0.2, 0.25) is 0 Å². The molecule has 6 nitrogen and oxygen atoms in total. The number of hydrogen-bond donors (Lipinski definition) is 2. The lowest BCUT2D eigenvalue weighted by Crippen LogP contribution is -2.19. The van der Waals surface area contributed by atoms with Crippen molar-refractivity contribution in [1.29, 1.82) is 0 Å². The average Bonchev–Trinajstić information content (AvgIpc) is 2.75. The predicted molar refractivity (Wildman–Crippen MR) is 125 cm³/mol. The molecule has 4 aromatic rings. The number of anilines is 1. The van der Waals surface area contributed by atoms with E-state index in [1.54, 1.807) is 54.6 Å². The number of aromatic nitrogens is 1. The van der Waals surface area contributed by atoms with Gasteiger partial charge in [0, 0.05) is 27.2 Å². The highest BCUT2D eigenvalue weighted by molar-refractivity contribution is 9.10. The van der Waals surface area contributed by atoms with Crippen LogP contribution in [0.5, 0.6) is 11.6 Å². The lowest BCUT2D eigenvalue weighted by atomic mass is 10.1. The molecule has 1 amide bonds. The fourth-order valence-electron chi connectivity index (χ4n) is 3.40. The van der Waals surface area contributed by atoms with Crippen LogP contribution < -0.4 is 15.6 Å². The molecule has 4 rings (SSSR count). The minimum atomic E-state index is -0.381. The third-order valence-electron chi connectivity index (χ3n) is 5.01. The van der Waals surface area contributed by atoms with Gasteiger partial charge in [0.25, 0.3) is 11.5 Å². The van der Waals surface area contributed by atoms with Crippen molar-refractivity contribution in [2.75, 3.05) is 12.4 Å². The van der Waals surface area contributed by atoms with Crippen LogP contribution >= 0.6 is 15.9 Å². The number of methoxy groups -OCH3 is 1. The van der Waals surface area contributed by atoms with Gasteiger partial charge in [0.15, 0.2) is 0 Å². The van der Waals surface area contributed by atoms with Gasteiger partial charge in [-0.25, -0.2) is 4.57 Å². The summed E-state index contributed by atoms with van der Waals surface area (Å²) in [5, 5.41) is 14.9. The van der Waals surface area contributed by atoms with Gasteiger partial charge in [0.1, 0.15) is 5.75 Å². The summed E-state index contributed by atoms with van der Waals surface area (Å²) in [6.07, 6.45) is 0. The summed E-state index contributed by atoms with van der Waals surface area (Å²) in [5.41, 5.74) is 1.85. The number of benzene rings is 3. The Labute approximate surface area is 186 Å². The normalized spacial score (nSPS) is 10.8. The van der Waals surface area contributed by atoms with Crippen LogP contribution in [-0.2, 0) is 0 Å². The summed E-state index contributed by atoms with van der Waals surface area (Å²) in [6.45, 7) is 1.83. The van der Waals surface area contributed by atoms with Gasteiger partial charge in [-0.05, 0) is 60.3 Å². The maximum atomic E-state index is 12.8. The number of carbonyl (C=O) groups is 1. The fourth-order valence-corrected chi connectivity index (χ4v) is 3.80. The quantitative estimate of drug-likeness (QED) is 0.431. The maximum Gasteiger partial charge on any atom is 0.258 e. The molecule has 0 saturated carbocycles. The van der Waals surface area contributed by atoms with E-state index in [1.807, 2.05) is 13.0 Å². The zero-order valence-corrected chi connectivity index (χ0v) is 18.4. The molecule has 0 saturated heterocycles. The highest BCUT2D eigenvalue weighted by Crippen LogP contribution is 2.30. The van der Waals surface area contributed by atoms with Crippen molar-refractivity contribution in [3.05, 3.63) is 92.7 Å². The molecule has 156 valence electrons. The highest BCUT2D eigenvalue weighted by Gasteiger charge is 2.15. The lowest BCUT2D eigenvalue weighted by Gasteiger charge is -2.15. The molecule has 0 bridgehead atoms. The van der Waals surface area contributed by atoms with E-state index in [-0.39, 0.29) is 17.3 Å². The van der Waals surface area contributed by atoms with Crippen molar-refractivity contribution in [3.8, 4) is 17.3 Å². The molecule has 2 N–H and O–H groups in total. The number of rotatable bonds is 4. The summed E-state index contributed by atoms with van der Waals surface area (Å²) in [5.74, 6) is 0.0932. The molecular weight excluding hydrogens is 460 g/mol. The molecule has 1 aromatic heterocycles. The van der Waals surface area contributed by atoms with Crippen molar-refractivity contribution >= 4 is 38.3 Å². The second-order valence-corrected chi connectivity index (χ2v) is 7.98. The topological polar surface area (TPSA) is 80.6 Å². The Balaban J connectivity index is 1.79. The number of nitrogens with zero attached hydrogens (tertiary/aromatic N) is 1. The number of ether oxygens (including phenoxy) is 1. The first-order valence-electron chi connectivity index (χ1n) is 9.48. The summed E-state index contributed by atoms with van der Waals surface area (Å²) >= 11 is 3.36. The summed E-state index contributed by atoms with van der Waals surface area (Å²) in [7, 11) is 1.54. The van der Waals surface area contributed by atoms with E-state index >= 15 is 0 Å². The molecule has 1 heterocycles. The van der Waals surface area contributed by atoms with Gasteiger partial charge in [-0.15, -0.1) is 0 Å². The Hall–Kier alpha value is -3.58. The van der Waals surface area contributed by atoms with Gasteiger partial charge in [-0.1, -0.05) is 34.1 Å². The zero-order valence-electron chi connectivity index (χ0n) is 16.8. The minimum absolute atomic E-state index is 0.194. The van der Waals surface area contributed by atoms with Crippen LogP contribution in [0, 0.1) is 6.92 Å². The van der Waals surface area contributed by atoms with E-state index in [4.69, 9.17) is 4.74 Å². The van der Waals surface area contributed by atoms with Crippen LogP contribution in [0.4, 0.5) is 5.69 Å². The number of aryl methyl sites for hydroxylation is 1. The fraction of sp³-hybridized carbons (Fsp3) is 0.0833. The number of hydrogen-bond acceptors (Lipinski definition) is 4. The SMILES string of the molecule is COc1ccc2cc(=O)n(-c3cc(NC(=O)c4cccc(Br)c4)ccc3C)c(O)c2c1. The third kappa shape index (κ3) is 4.04. The molecule has 0 radical (unpaired) electrons. The van der Waals surface area contributed by atoms with Gasteiger partial charge in [0.2, 0.25) is 5.88 Å². The van der Waals surface area contributed by atoms with E-state index in [9.17, 15) is 14.7 Å².